The Labute approximate surface area is 134 Å². The van der Waals surface area contributed by atoms with E-state index in [0.717, 1.165) is 16.5 Å². The minimum absolute atomic E-state index is 0.0142. The van der Waals surface area contributed by atoms with Gasteiger partial charge in [-0.25, -0.2) is 4.99 Å². The van der Waals surface area contributed by atoms with E-state index in [-0.39, 0.29) is 5.92 Å². The Hall–Kier alpha value is -2.95. The van der Waals surface area contributed by atoms with Crippen LogP contribution in [0, 0.1) is 12.8 Å². The number of allylic oxidation sites excluding steroid dienone is 2. The number of carbonyl (C=O) groups is 1. The van der Waals surface area contributed by atoms with Gasteiger partial charge in [-0.2, -0.15) is 0 Å². The summed E-state index contributed by atoms with van der Waals surface area (Å²) >= 11 is 0. The number of aliphatic imine (C=N–C) groups is 1. The third kappa shape index (κ3) is 3.13. The van der Waals surface area contributed by atoms with Gasteiger partial charge in [0.15, 0.2) is 5.75 Å². The predicted molar refractivity (Wildman–Crippen MR) is 90.1 cm³/mol. The number of ether oxygens (including phenoxy) is 1. The van der Waals surface area contributed by atoms with E-state index in [2.05, 4.69) is 9.98 Å². The standard InChI is InChI=1S/C18H17N3O2/c1-11-7-13(18(19)22)9-21-17(8-11)23-16-10-20-12(2)14-5-3-4-6-15(14)16/h3-11H,1-2H3,(H2,19,22). The number of pyridine rings is 1. The molecule has 116 valence electrons. The van der Waals surface area contributed by atoms with Gasteiger partial charge in [-0.05, 0) is 18.9 Å². The number of nitrogens with two attached hydrogens (primary N) is 1. The predicted octanol–water partition coefficient (Wildman–Crippen LogP) is 2.90. The molecule has 0 saturated heterocycles. The molecule has 23 heavy (non-hydrogen) atoms. The minimum Gasteiger partial charge on any atom is -0.437 e. The molecule has 2 N–H and O–H groups in total. The van der Waals surface area contributed by atoms with Crippen molar-refractivity contribution in [1.29, 1.82) is 0 Å². The molecule has 0 bridgehead atoms. The second-order valence-corrected chi connectivity index (χ2v) is 5.46. The summed E-state index contributed by atoms with van der Waals surface area (Å²) in [6.07, 6.45) is 6.71. The van der Waals surface area contributed by atoms with Gasteiger partial charge in [-0.1, -0.05) is 37.3 Å². The van der Waals surface area contributed by atoms with Crippen molar-refractivity contribution in [2.45, 2.75) is 13.8 Å². The second-order valence-electron chi connectivity index (χ2n) is 5.46. The third-order valence-electron chi connectivity index (χ3n) is 3.64. The van der Waals surface area contributed by atoms with Crippen molar-refractivity contribution >= 4 is 22.9 Å². The number of aromatic nitrogens is 1. The molecule has 1 atom stereocenters. The van der Waals surface area contributed by atoms with Crippen molar-refractivity contribution < 1.29 is 9.53 Å². The van der Waals surface area contributed by atoms with Crippen molar-refractivity contribution in [2.24, 2.45) is 16.6 Å². The zero-order valence-electron chi connectivity index (χ0n) is 13.0. The molecule has 2 heterocycles. The van der Waals surface area contributed by atoms with Crippen LogP contribution in [-0.2, 0) is 4.79 Å². The van der Waals surface area contributed by atoms with Crippen molar-refractivity contribution in [2.75, 3.05) is 0 Å². The van der Waals surface area contributed by atoms with Crippen LogP contribution >= 0.6 is 0 Å². The molecule has 1 aliphatic rings. The lowest BCUT2D eigenvalue weighted by Crippen LogP contribution is -2.15. The normalized spacial score (nSPS) is 17.4. The lowest BCUT2D eigenvalue weighted by molar-refractivity contribution is -0.114. The fourth-order valence-electron chi connectivity index (χ4n) is 2.48. The van der Waals surface area contributed by atoms with Crippen molar-refractivity contribution in [3.05, 3.63) is 59.8 Å². The summed E-state index contributed by atoms with van der Waals surface area (Å²) in [4.78, 5) is 19.9. The van der Waals surface area contributed by atoms with Gasteiger partial charge >= 0.3 is 0 Å². The zero-order valence-corrected chi connectivity index (χ0v) is 13.0. The number of carbonyl (C=O) groups excluding carboxylic acids is 1. The van der Waals surface area contributed by atoms with Gasteiger partial charge < -0.3 is 10.5 Å². The fraction of sp³-hybridized carbons (Fsp3) is 0.167. The first kappa shape index (κ1) is 15.0. The van der Waals surface area contributed by atoms with Crippen molar-refractivity contribution in [1.82, 2.24) is 4.98 Å². The highest BCUT2D eigenvalue weighted by Crippen LogP contribution is 2.28. The maximum atomic E-state index is 11.3. The first-order valence-corrected chi connectivity index (χ1v) is 7.34. The molecular weight excluding hydrogens is 290 g/mol. The molecule has 2 aromatic rings. The monoisotopic (exact) mass is 307 g/mol. The van der Waals surface area contributed by atoms with Crippen molar-refractivity contribution in [3.63, 3.8) is 0 Å². The maximum absolute atomic E-state index is 11.3. The minimum atomic E-state index is -0.502. The first-order chi connectivity index (χ1) is 11.0. The first-order valence-electron chi connectivity index (χ1n) is 7.34. The summed E-state index contributed by atoms with van der Waals surface area (Å²) in [7, 11) is 0. The van der Waals surface area contributed by atoms with E-state index in [4.69, 9.17) is 10.5 Å². The number of fused-ring (bicyclic) bond motifs is 1. The van der Waals surface area contributed by atoms with Gasteiger partial charge in [0.1, 0.15) is 0 Å². The van der Waals surface area contributed by atoms with E-state index in [1.165, 1.54) is 6.21 Å². The molecular formula is C18H17N3O2. The lowest BCUT2D eigenvalue weighted by atomic mass is 10.1. The average molecular weight is 307 g/mol. The number of benzene rings is 1. The van der Waals surface area contributed by atoms with Gasteiger partial charge in [0, 0.05) is 22.7 Å². The highest BCUT2D eigenvalue weighted by Gasteiger charge is 2.12. The highest BCUT2D eigenvalue weighted by molar-refractivity contribution is 6.11. The molecule has 1 amide bonds. The highest BCUT2D eigenvalue weighted by atomic mass is 16.5. The molecule has 1 aromatic carbocycles. The summed E-state index contributed by atoms with van der Waals surface area (Å²) < 4.78 is 5.92. The van der Waals surface area contributed by atoms with Crippen molar-refractivity contribution in [3.8, 4) is 5.75 Å². The Morgan fingerprint density at radius 3 is 2.70 bits per heavy atom. The molecule has 1 aromatic heterocycles. The number of hydrogen-bond donors (Lipinski definition) is 1. The van der Waals surface area contributed by atoms with E-state index in [1.54, 1.807) is 12.3 Å². The van der Waals surface area contributed by atoms with Crippen LogP contribution in [0.1, 0.15) is 12.6 Å². The van der Waals surface area contributed by atoms with Gasteiger partial charge in [-0.3, -0.25) is 9.78 Å². The lowest BCUT2D eigenvalue weighted by Gasteiger charge is -2.10. The molecule has 3 rings (SSSR count). The molecule has 0 spiro atoms. The summed E-state index contributed by atoms with van der Waals surface area (Å²) in [6, 6.07) is 7.91. The SMILES string of the molecule is Cc1ncc(OC2=CC(C)C=C(C(N)=O)C=N2)c2ccccc12. The Morgan fingerprint density at radius 1 is 1.22 bits per heavy atom. The van der Waals surface area contributed by atoms with Crippen LogP contribution in [0.3, 0.4) is 0 Å². The molecule has 1 unspecified atom stereocenters. The number of hydrogen-bond acceptors (Lipinski definition) is 4. The quantitative estimate of drug-likeness (QED) is 0.947. The van der Waals surface area contributed by atoms with E-state index in [0.29, 0.717) is 17.2 Å². The number of primary amides is 1. The van der Waals surface area contributed by atoms with E-state index in [1.807, 2.05) is 44.2 Å². The topological polar surface area (TPSA) is 77.6 Å². The Morgan fingerprint density at radius 2 is 1.96 bits per heavy atom. The summed E-state index contributed by atoms with van der Waals surface area (Å²) in [5, 5.41) is 2.00. The molecule has 5 nitrogen and oxygen atoms in total. The van der Waals surface area contributed by atoms with Gasteiger partial charge in [0.2, 0.25) is 11.8 Å². The molecule has 0 fully saturated rings. The molecule has 5 heteroatoms. The Bertz CT molecular complexity index is 866. The van der Waals surface area contributed by atoms with Gasteiger partial charge in [0.25, 0.3) is 0 Å². The maximum Gasteiger partial charge on any atom is 0.249 e. The summed E-state index contributed by atoms with van der Waals surface area (Å²) in [5.41, 5.74) is 6.63. The molecule has 0 radical (unpaired) electrons. The van der Waals surface area contributed by atoms with Crippen LogP contribution in [0.2, 0.25) is 0 Å². The fourth-order valence-corrected chi connectivity index (χ4v) is 2.48. The number of aryl methyl sites for hydroxylation is 1. The smallest absolute Gasteiger partial charge is 0.249 e. The van der Waals surface area contributed by atoms with E-state index >= 15 is 0 Å². The third-order valence-corrected chi connectivity index (χ3v) is 3.64. The number of rotatable bonds is 3. The largest absolute Gasteiger partial charge is 0.437 e. The van der Waals surface area contributed by atoms with E-state index in [9.17, 15) is 4.79 Å². The van der Waals surface area contributed by atoms with Crippen LogP contribution < -0.4 is 10.5 Å². The van der Waals surface area contributed by atoms with Crippen LogP contribution in [0.25, 0.3) is 10.8 Å². The summed E-state index contributed by atoms with van der Waals surface area (Å²) in [5.74, 6) is 0.530. The zero-order chi connectivity index (χ0) is 16.4. The number of nitrogens with zero attached hydrogens (tertiary/aromatic N) is 2. The Kier molecular flexibility index (Phi) is 3.93. The van der Waals surface area contributed by atoms with Gasteiger partial charge in [0.05, 0.1) is 11.8 Å². The van der Waals surface area contributed by atoms with Crippen LogP contribution in [0.5, 0.6) is 5.75 Å². The van der Waals surface area contributed by atoms with Crippen LogP contribution in [0.4, 0.5) is 0 Å². The van der Waals surface area contributed by atoms with Gasteiger partial charge in [-0.15, -0.1) is 0 Å². The molecule has 0 saturated carbocycles. The van der Waals surface area contributed by atoms with Crippen LogP contribution in [0.15, 0.2) is 59.1 Å². The average Bonchev–Trinajstić information content (AvgIpc) is 2.72. The van der Waals surface area contributed by atoms with Crippen LogP contribution in [-0.4, -0.2) is 17.1 Å². The second kappa shape index (κ2) is 6.04. The molecule has 1 aliphatic heterocycles. The Balaban J connectivity index is 1.96. The summed E-state index contributed by atoms with van der Waals surface area (Å²) in [6.45, 7) is 3.90. The van der Waals surface area contributed by atoms with E-state index < -0.39 is 5.91 Å². The molecule has 0 aliphatic carbocycles. The number of amides is 1.